The minimum atomic E-state index is 0. The number of nitrogens with one attached hydrogen (secondary N) is 2. The van der Waals surface area contributed by atoms with Gasteiger partial charge < -0.3 is 5.32 Å². The third kappa shape index (κ3) is 5.86. The number of hydrogen-bond donors (Lipinski definition) is 2. The van der Waals surface area contributed by atoms with Crippen molar-refractivity contribution in [3.05, 3.63) is 0 Å². The molecule has 0 aliphatic carbocycles. The van der Waals surface area contributed by atoms with Crippen LogP contribution in [-0.2, 0) is 4.79 Å². The number of rotatable bonds is 3. The molecule has 0 unspecified atom stereocenters. The Kier molecular flexibility index (Phi) is 8.40. The van der Waals surface area contributed by atoms with Gasteiger partial charge in [0.15, 0.2) is 0 Å². The molecular weight excluding hydrogens is 194 g/mol. The van der Waals surface area contributed by atoms with Gasteiger partial charge in [0.25, 0.3) is 0 Å². The molecular formula is C8H19CaN3O. The van der Waals surface area contributed by atoms with Crippen LogP contribution >= 0.6 is 0 Å². The second-order valence-electron chi connectivity index (χ2n) is 3.02. The van der Waals surface area contributed by atoms with Crippen molar-refractivity contribution >= 4 is 43.6 Å². The molecule has 0 spiro atoms. The predicted octanol–water partition coefficient (Wildman–Crippen LogP) is -1.19. The van der Waals surface area contributed by atoms with Crippen molar-refractivity contribution in [3.8, 4) is 0 Å². The summed E-state index contributed by atoms with van der Waals surface area (Å²) in [5, 5.41) is 5.21. The minimum absolute atomic E-state index is 0. The molecule has 0 aromatic carbocycles. The van der Waals surface area contributed by atoms with Crippen LogP contribution in [-0.4, -0.2) is 74.8 Å². The van der Waals surface area contributed by atoms with E-state index in [1.54, 1.807) is 0 Å². The molecule has 1 rings (SSSR count). The summed E-state index contributed by atoms with van der Waals surface area (Å²) in [4.78, 5) is 11.1. The molecule has 1 heterocycles. The number of carbonyl (C=O) groups excluding carboxylic acids is 1. The fraction of sp³-hybridized carbons (Fsp3) is 0.875. The predicted molar refractivity (Wildman–Crippen MR) is 56.0 cm³/mol. The normalized spacial score (nSPS) is 17.6. The molecule has 0 atom stereocenters. The van der Waals surface area contributed by atoms with E-state index < -0.39 is 0 Å². The third-order valence-electron chi connectivity index (χ3n) is 1.88. The third-order valence-corrected chi connectivity index (χ3v) is 1.88. The van der Waals surface area contributed by atoms with Gasteiger partial charge in [-0.2, -0.15) is 0 Å². The maximum absolute atomic E-state index is 11.1. The van der Waals surface area contributed by atoms with Crippen molar-refractivity contribution in [2.75, 3.05) is 26.2 Å². The molecule has 0 bridgehead atoms. The van der Waals surface area contributed by atoms with Gasteiger partial charge in [-0.25, -0.2) is 5.01 Å². The van der Waals surface area contributed by atoms with Crippen molar-refractivity contribution in [1.29, 1.82) is 0 Å². The van der Waals surface area contributed by atoms with Gasteiger partial charge in [0.1, 0.15) is 0 Å². The average Bonchev–Trinajstić information content (AvgIpc) is 2.06. The molecule has 0 radical (unpaired) electrons. The van der Waals surface area contributed by atoms with E-state index in [-0.39, 0.29) is 43.6 Å². The van der Waals surface area contributed by atoms with E-state index in [2.05, 4.69) is 10.7 Å². The first-order valence-corrected chi connectivity index (χ1v) is 4.58. The number of amides is 1. The first-order chi connectivity index (χ1) is 5.83. The van der Waals surface area contributed by atoms with Gasteiger partial charge in [-0.05, 0) is 6.42 Å². The van der Waals surface area contributed by atoms with E-state index in [4.69, 9.17) is 0 Å². The Morgan fingerprint density at radius 2 is 2.08 bits per heavy atom. The van der Waals surface area contributed by atoms with Crippen molar-refractivity contribution < 1.29 is 4.79 Å². The molecule has 1 saturated heterocycles. The van der Waals surface area contributed by atoms with E-state index in [9.17, 15) is 4.79 Å². The second kappa shape index (κ2) is 8.00. The monoisotopic (exact) mass is 213 g/mol. The molecule has 1 aliphatic rings. The number of piperazine rings is 1. The van der Waals surface area contributed by atoms with E-state index in [0.29, 0.717) is 6.42 Å². The summed E-state index contributed by atoms with van der Waals surface area (Å²) in [6.45, 7) is 5.76. The van der Waals surface area contributed by atoms with Crippen LogP contribution in [0.3, 0.4) is 0 Å². The summed E-state index contributed by atoms with van der Waals surface area (Å²) in [5.74, 6) is 0.138. The molecule has 5 heteroatoms. The maximum atomic E-state index is 11.1. The number of carbonyl (C=O) groups is 1. The van der Waals surface area contributed by atoms with Crippen LogP contribution in [0.15, 0.2) is 0 Å². The Bertz CT molecular complexity index is 148. The Morgan fingerprint density at radius 1 is 1.46 bits per heavy atom. The Balaban J connectivity index is 0.00000144. The van der Waals surface area contributed by atoms with Crippen LogP contribution in [0.4, 0.5) is 0 Å². The zero-order valence-electron chi connectivity index (χ0n) is 7.60. The van der Waals surface area contributed by atoms with Gasteiger partial charge in [-0.1, -0.05) is 6.92 Å². The van der Waals surface area contributed by atoms with Gasteiger partial charge in [0, 0.05) is 32.6 Å². The van der Waals surface area contributed by atoms with Gasteiger partial charge in [0.2, 0.25) is 5.91 Å². The molecule has 2 N–H and O–H groups in total. The fourth-order valence-electron chi connectivity index (χ4n) is 1.24. The van der Waals surface area contributed by atoms with Gasteiger partial charge in [0.05, 0.1) is 0 Å². The van der Waals surface area contributed by atoms with Gasteiger partial charge in [-0.15, -0.1) is 0 Å². The van der Waals surface area contributed by atoms with Crippen molar-refractivity contribution in [3.63, 3.8) is 0 Å². The summed E-state index contributed by atoms with van der Waals surface area (Å²) < 4.78 is 0. The van der Waals surface area contributed by atoms with E-state index in [1.165, 1.54) is 0 Å². The molecule has 0 aromatic rings. The van der Waals surface area contributed by atoms with E-state index >= 15 is 0 Å². The van der Waals surface area contributed by atoms with Crippen molar-refractivity contribution in [1.82, 2.24) is 15.8 Å². The molecule has 1 fully saturated rings. The summed E-state index contributed by atoms with van der Waals surface area (Å²) in [6, 6.07) is 0. The number of hydrogen-bond acceptors (Lipinski definition) is 3. The number of nitrogens with zero attached hydrogens (tertiary/aromatic N) is 1. The molecule has 0 aromatic heterocycles. The van der Waals surface area contributed by atoms with Crippen LogP contribution in [0, 0.1) is 0 Å². The quantitative estimate of drug-likeness (QED) is 0.579. The number of hydrazine groups is 1. The second-order valence-corrected chi connectivity index (χ2v) is 3.02. The van der Waals surface area contributed by atoms with Gasteiger partial charge >= 0.3 is 37.7 Å². The zero-order valence-corrected chi connectivity index (χ0v) is 7.60. The van der Waals surface area contributed by atoms with Crippen LogP contribution in [0.2, 0.25) is 0 Å². The standard InChI is InChI=1S/C8H17N3O.Ca.2H/c1-2-3-8(12)10-11-6-4-9-5-7-11;;;/h9H,2-7H2,1H3,(H,10,12);;;. The van der Waals surface area contributed by atoms with Crippen LogP contribution in [0.5, 0.6) is 0 Å². The van der Waals surface area contributed by atoms with Gasteiger partial charge in [-0.3, -0.25) is 10.2 Å². The Hall–Kier alpha value is 0.650. The summed E-state index contributed by atoms with van der Waals surface area (Å²) >= 11 is 0. The average molecular weight is 213 g/mol. The van der Waals surface area contributed by atoms with Crippen LogP contribution in [0.25, 0.3) is 0 Å². The Labute approximate surface area is 109 Å². The molecule has 0 saturated carbocycles. The van der Waals surface area contributed by atoms with Crippen molar-refractivity contribution in [2.45, 2.75) is 19.8 Å². The zero-order chi connectivity index (χ0) is 8.81. The topological polar surface area (TPSA) is 44.4 Å². The SMILES string of the molecule is CCCC(=O)NN1CCNCC1.[CaH2]. The molecule has 74 valence electrons. The van der Waals surface area contributed by atoms with E-state index in [1.807, 2.05) is 11.9 Å². The summed E-state index contributed by atoms with van der Waals surface area (Å²) in [5.41, 5.74) is 2.87. The fourth-order valence-corrected chi connectivity index (χ4v) is 1.24. The Morgan fingerprint density at radius 3 is 2.62 bits per heavy atom. The van der Waals surface area contributed by atoms with Crippen molar-refractivity contribution in [2.24, 2.45) is 0 Å². The molecule has 13 heavy (non-hydrogen) atoms. The summed E-state index contributed by atoms with van der Waals surface area (Å²) in [7, 11) is 0. The van der Waals surface area contributed by atoms with Crippen LogP contribution in [0.1, 0.15) is 19.8 Å². The van der Waals surface area contributed by atoms with E-state index in [0.717, 1.165) is 32.6 Å². The van der Waals surface area contributed by atoms with Crippen LogP contribution < -0.4 is 10.7 Å². The molecule has 1 aliphatic heterocycles. The molecule has 1 amide bonds. The first kappa shape index (κ1) is 13.6. The summed E-state index contributed by atoms with van der Waals surface area (Å²) in [6.07, 6.45) is 1.54. The molecule has 4 nitrogen and oxygen atoms in total. The first-order valence-electron chi connectivity index (χ1n) is 4.58.